The molecule has 0 saturated heterocycles. The summed E-state index contributed by atoms with van der Waals surface area (Å²) in [6.45, 7) is 4.29. The van der Waals surface area contributed by atoms with Crippen LogP contribution in [0.15, 0.2) is 46.9 Å². The first-order valence-electron chi connectivity index (χ1n) is 6.41. The average molecular weight is 333 g/mol. The number of rotatable bonds is 4. The number of nitrogens with one attached hydrogen (secondary N) is 2. The Balaban J connectivity index is 2.10. The van der Waals surface area contributed by atoms with Gasteiger partial charge in [0, 0.05) is 29.3 Å². The summed E-state index contributed by atoms with van der Waals surface area (Å²) in [5, 5.41) is 6.19. The Labute approximate surface area is 127 Å². The van der Waals surface area contributed by atoms with Gasteiger partial charge in [-0.15, -0.1) is 0 Å². The Morgan fingerprint density at radius 1 is 1.20 bits per heavy atom. The third-order valence-electron chi connectivity index (χ3n) is 2.93. The lowest BCUT2D eigenvalue weighted by atomic mass is 10.1. The minimum absolute atomic E-state index is 0.0632. The van der Waals surface area contributed by atoms with Crippen LogP contribution in [-0.2, 0) is 11.3 Å². The number of halogens is 1. The Morgan fingerprint density at radius 3 is 2.70 bits per heavy atom. The maximum absolute atomic E-state index is 11.1. The van der Waals surface area contributed by atoms with Crippen molar-refractivity contribution in [3.8, 4) is 0 Å². The molecule has 2 aromatic carbocycles. The van der Waals surface area contributed by atoms with Crippen LogP contribution < -0.4 is 10.6 Å². The molecule has 0 aliphatic heterocycles. The van der Waals surface area contributed by atoms with Gasteiger partial charge in [0.25, 0.3) is 0 Å². The molecule has 2 rings (SSSR count). The van der Waals surface area contributed by atoms with Crippen molar-refractivity contribution in [3.63, 3.8) is 0 Å². The highest BCUT2D eigenvalue weighted by Crippen LogP contribution is 2.21. The van der Waals surface area contributed by atoms with Gasteiger partial charge in [-0.3, -0.25) is 4.79 Å². The fourth-order valence-corrected chi connectivity index (χ4v) is 2.38. The molecule has 1 amide bonds. The predicted molar refractivity (Wildman–Crippen MR) is 87.0 cm³/mol. The smallest absolute Gasteiger partial charge is 0.221 e. The number of benzene rings is 2. The van der Waals surface area contributed by atoms with Crippen LogP contribution in [-0.4, -0.2) is 5.91 Å². The molecule has 3 nitrogen and oxygen atoms in total. The molecular weight excluding hydrogens is 316 g/mol. The van der Waals surface area contributed by atoms with Crippen molar-refractivity contribution in [3.05, 3.63) is 58.1 Å². The van der Waals surface area contributed by atoms with Gasteiger partial charge in [0.2, 0.25) is 5.91 Å². The van der Waals surface area contributed by atoms with Crippen molar-refractivity contribution in [2.75, 3.05) is 10.6 Å². The summed E-state index contributed by atoms with van der Waals surface area (Å²) < 4.78 is 1.07. The molecule has 0 radical (unpaired) electrons. The van der Waals surface area contributed by atoms with Crippen LogP contribution in [0.25, 0.3) is 0 Å². The van der Waals surface area contributed by atoms with E-state index in [1.54, 1.807) is 0 Å². The van der Waals surface area contributed by atoms with Crippen LogP contribution in [0.5, 0.6) is 0 Å². The fraction of sp³-hybridized carbons (Fsp3) is 0.188. The minimum Gasteiger partial charge on any atom is -0.381 e. The second-order valence-electron chi connectivity index (χ2n) is 4.69. The summed E-state index contributed by atoms with van der Waals surface area (Å²) in [6.07, 6.45) is 0. The van der Waals surface area contributed by atoms with Gasteiger partial charge in [0.1, 0.15) is 0 Å². The predicted octanol–water partition coefficient (Wildman–Crippen LogP) is 4.33. The SMILES string of the molecule is CC(=O)Nc1ccc(C)c(NCc2cccc(Br)c2)c1. The topological polar surface area (TPSA) is 41.1 Å². The van der Waals surface area contributed by atoms with E-state index in [9.17, 15) is 4.79 Å². The van der Waals surface area contributed by atoms with E-state index in [0.29, 0.717) is 0 Å². The van der Waals surface area contributed by atoms with Gasteiger partial charge >= 0.3 is 0 Å². The number of amides is 1. The van der Waals surface area contributed by atoms with E-state index in [2.05, 4.69) is 38.7 Å². The summed E-state index contributed by atoms with van der Waals surface area (Å²) in [5.74, 6) is -0.0632. The highest BCUT2D eigenvalue weighted by atomic mass is 79.9. The molecule has 0 aliphatic rings. The van der Waals surface area contributed by atoms with E-state index in [4.69, 9.17) is 0 Å². The van der Waals surface area contributed by atoms with E-state index in [1.807, 2.05) is 37.3 Å². The average Bonchev–Trinajstić information content (AvgIpc) is 2.39. The molecule has 0 aromatic heterocycles. The summed E-state index contributed by atoms with van der Waals surface area (Å²) in [5.41, 5.74) is 4.17. The van der Waals surface area contributed by atoms with Crippen molar-refractivity contribution in [1.82, 2.24) is 0 Å². The first-order chi connectivity index (χ1) is 9.54. The lowest BCUT2D eigenvalue weighted by Gasteiger charge is -2.12. The Kier molecular flexibility index (Phi) is 4.79. The number of carbonyl (C=O) groups excluding carboxylic acids is 1. The maximum atomic E-state index is 11.1. The third kappa shape index (κ3) is 4.10. The van der Waals surface area contributed by atoms with Crippen LogP contribution >= 0.6 is 15.9 Å². The maximum Gasteiger partial charge on any atom is 0.221 e. The molecule has 20 heavy (non-hydrogen) atoms. The molecule has 0 fully saturated rings. The van der Waals surface area contributed by atoms with E-state index in [-0.39, 0.29) is 5.91 Å². The van der Waals surface area contributed by atoms with Crippen molar-refractivity contribution in [1.29, 1.82) is 0 Å². The molecule has 0 heterocycles. The number of aryl methyl sites for hydroxylation is 1. The molecule has 0 aliphatic carbocycles. The quantitative estimate of drug-likeness (QED) is 0.874. The second-order valence-corrected chi connectivity index (χ2v) is 5.61. The van der Waals surface area contributed by atoms with Gasteiger partial charge in [-0.25, -0.2) is 0 Å². The Hall–Kier alpha value is -1.81. The lowest BCUT2D eigenvalue weighted by molar-refractivity contribution is -0.114. The Morgan fingerprint density at radius 2 is 2.00 bits per heavy atom. The van der Waals surface area contributed by atoms with Crippen LogP contribution in [0.3, 0.4) is 0 Å². The lowest BCUT2D eigenvalue weighted by Crippen LogP contribution is -2.07. The summed E-state index contributed by atoms with van der Waals surface area (Å²) in [7, 11) is 0. The first kappa shape index (κ1) is 14.6. The number of carbonyl (C=O) groups is 1. The highest BCUT2D eigenvalue weighted by Gasteiger charge is 2.02. The largest absolute Gasteiger partial charge is 0.381 e. The number of anilines is 2. The molecule has 0 spiro atoms. The van der Waals surface area contributed by atoms with Gasteiger partial charge in [-0.1, -0.05) is 34.1 Å². The normalized spacial score (nSPS) is 10.2. The zero-order chi connectivity index (χ0) is 14.5. The third-order valence-corrected chi connectivity index (χ3v) is 3.42. The molecule has 0 unspecified atom stereocenters. The van der Waals surface area contributed by atoms with Crippen molar-refractivity contribution in [2.45, 2.75) is 20.4 Å². The van der Waals surface area contributed by atoms with Crippen molar-refractivity contribution in [2.24, 2.45) is 0 Å². The van der Waals surface area contributed by atoms with Crippen molar-refractivity contribution < 1.29 is 4.79 Å². The van der Waals surface area contributed by atoms with Crippen molar-refractivity contribution >= 4 is 33.2 Å². The van der Waals surface area contributed by atoms with Crippen LogP contribution in [0.4, 0.5) is 11.4 Å². The fourth-order valence-electron chi connectivity index (χ4n) is 1.94. The molecule has 0 bridgehead atoms. The minimum atomic E-state index is -0.0632. The standard InChI is InChI=1S/C16H17BrN2O/c1-11-6-7-15(19-12(2)20)9-16(11)18-10-13-4-3-5-14(17)8-13/h3-9,18H,10H2,1-2H3,(H,19,20). The molecular formula is C16H17BrN2O. The van der Waals surface area contributed by atoms with Gasteiger partial charge < -0.3 is 10.6 Å². The van der Waals surface area contributed by atoms with Gasteiger partial charge in [-0.05, 0) is 42.3 Å². The second kappa shape index (κ2) is 6.57. The van der Waals surface area contributed by atoms with Crippen LogP contribution in [0, 0.1) is 6.92 Å². The van der Waals surface area contributed by atoms with E-state index in [1.165, 1.54) is 12.5 Å². The molecule has 2 aromatic rings. The van der Waals surface area contributed by atoms with E-state index < -0.39 is 0 Å². The molecule has 0 saturated carbocycles. The monoisotopic (exact) mass is 332 g/mol. The molecule has 104 valence electrons. The summed E-state index contributed by atoms with van der Waals surface area (Å²) in [4.78, 5) is 11.1. The zero-order valence-electron chi connectivity index (χ0n) is 11.5. The molecule has 2 N–H and O–H groups in total. The number of hydrogen-bond donors (Lipinski definition) is 2. The summed E-state index contributed by atoms with van der Waals surface area (Å²) >= 11 is 3.47. The molecule has 0 atom stereocenters. The van der Waals surface area contributed by atoms with Gasteiger partial charge in [-0.2, -0.15) is 0 Å². The van der Waals surface area contributed by atoms with Crippen LogP contribution in [0.2, 0.25) is 0 Å². The zero-order valence-corrected chi connectivity index (χ0v) is 13.1. The number of hydrogen-bond acceptors (Lipinski definition) is 2. The Bertz CT molecular complexity index is 626. The highest BCUT2D eigenvalue weighted by molar-refractivity contribution is 9.10. The summed E-state index contributed by atoms with van der Waals surface area (Å²) in [6, 6.07) is 14.0. The van der Waals surface area contributed by atoms with E-state index in [0.717, 1.165) is 28.0 Å². The molecule has 4 heteroatoms. The first-order valence-corrected chi connectivity index (χ1v) is 7.20. The van der Waals surface area contributed by atoms with Gasteiger partial charge in [0.05, 0.1) is 0 Å². The van der Waals surface area contributed by atoms with Crippen LogP contribution in [0.1, 0.15) is 18.1 Å². The van der Waals surface area contributed by atoms with E-state index >= 15 is 0 Å². The van der Waals surface area contributed by atoms with Gasteiger partial charge in [0.15, 0.2) is 0 Å².